The van der Waals surface area contributed by atoms with Gasteiger partial charge in [0.05, 0.1) is 5.69 Å². The number of nitrogens with one attached hydrogen (secondary N) is 1. The van der Waals surface area contributed by atoms with E-state index in [1.54, 1.807) is 0 Å². The van der Waals surface area contributed by atoms with E-state index in [2.05, 4.69) is 33.1 Å². The molecule has 1 fully saturated rings. The first-order valence-electron chi connectivity index (χ1n) is 13.1. The molecule has 1 aliphatic rings. The number of hydrogen-bond donors (Lipinski definition) is 1. The molecule has 7 nitrogen and oxygen atoms in total. The van der Waals surface area contributed by atoms with E-state index in [0.29, 0.717) is 37.1 Å². The number of benzene rings is 2. The number of piperidine rings is 1. The fraction of sp³-hybridized carbons (Fsp3) is 0.367. The van der Waals surface area contributed by atoms with Crippen molar-refractivity contribution in [2.24, 2.45) is 5.92 Å². The molecule has 8 heteroatoms. The van der Waals surface area contributed by atoms with Gasteiger partial charge in [0.25, 0.3) is 0 Å². The standard InChI is InChI=1S/C30H34ClN5O2/c1-30(2,3)38-29(37)35-15-9-12-22(19-35)20-36-26(24-13-7-8-14-25(24)31)16-23-18-33-28(34-27(23)36)32-17-21-10-5-4-6-11-21/h4-8,10-11,13-14,16,18,22H,9,12,15,17,19-20H2,1-3H3,(H,32,33,34)/t22-/m1/s1. The van der Waals surface area contributed by atoms with Gasteiger partial charge in [0.1, 0.15) is 11.2 Å². The van der Waals surface area contributed by atoms with Crippen LogP contribution < -0.4 is 5.32 Å². The summed E-state index contributed by atoms with van der Waals surface area (Å²) in [6, 6.07) is 20.2. The summed E-state index contributed by atoms with van der Waals surface area (Å²) >= 11 is 6.64. The van der Waals surface area contributed by atoms with Gasteiger partial charge in [-0.05, 0) is 57.2 Å². The maximum atomic E-state index is 12.8. The first-order chi connectivity index (χ1) is 18.3. The highest BCUT2D eigenvalue weighted by Crippen LogP contribution is 2.34. The molecule has 1 N–H and O–H groups in total. The predicted octanol–water partition coefficient (Wildman–Crippen LogP) is 7.01. The molecule has 5 rings (SSSR count). The van der Waals surface area contributed by atoms with Crippen LogP contribution in [0.5, 0.6) is 0 Å². The number of ether oxygens (including phenoxy) is 1. The van der Waals surface area contributed by atoms with Gasteiger partial charge in [0.2, 0.25) is 5.95 Å². The summed E-state index contributed by atoms with van der Waals surface area (Å²) in [5.74, 6) is 0.828. The van der Waals surface area contributed by atoms with Gasteiger partial charge in [-0.1, -0.05) is 60.1 Å². The lowest BCUT2D eigenvalue weighted by molar-refractivity contribution is 0.0158. The summed E-state index contributed by atoms with van der Waals surface area (Å²) in [7, 11) is 0. The Morgan fingerprint density at radius 2 is 1.89 bits per heavy atom. The Kier molecular flexibility index (Phi) is 7.56. The van der Waals surface area contributed by atoms with Crippen LogP contribution in [0.15, 0.2) is 66.9 Å². The third kappa shape index (κ3) is 6.10. The normalized spacial score (nSPS) is 16.0. The molecule has 1 amide bonds. The van der Waals surface area contributed by atoms with Crippen LogP contribution in [0.1, 0.15) is 39.2 Å². The Labute approximate surface area is 228 Å². The molecule has 198 valence electrons. The van der Waals surface area contributed by atoms with Crippen molar-refractivity contribution in [1.82, 2.24) is 19.4 Å². The van der Waals surface area contributed by atoms with Crippen LogP contribution in [0.4, 0.5) is 10.7 Å². The highest BCUT2D eigenvalue weighted by Gasteiger charge is 2.29. The predicted molar refractivity (Wildman–Crippen MR) is 152 cm³/mol. The van der Waals surface area contributed by atoms with Crippen LogP contribution in [-0.4, -0.2) is 44.2 Å². The third-order valence-corrected chi connectivity index (χ3v) is 7.02. The fourth-order valence-electron chi connectivity index (χ4n) is 4.94. The SMILES string of the molecule is CC(C)(C)OC(=O)N1CCC[C@@H](Cn2c(-c3ccccc3Cl)cc3cnc(NCc4ccccc4)nc32)C1. The van der Waals surface area contributed by atoms with E-state index in [1.807, 2.05) is 74.3 Å². The van der Waals surface area contributed by atoms with Gasteiger partial charge in [-0.25, -0.2) is 9.78 Å². The maximum Gasteiger partial charge on any atom is 0.410 e. The third-order valence-electron chi connectivity index (χ3n) is 6.69. The Hall–Kier alpha value is -3.58. The first kappa shape index (κ1) is 26.0. The second kappa shape index (κ2) is 11.0. The fourth-order valence-corrected chi connectivity index (χ4v) is 5.18. The molecule has 1 atom stereocenters. The van der Waals surface area contributed by atoms with E-state index in [1.165, 1.54) is 0 Å². The highest BCUT2D eigenvalue weighted by molar-refractivity contribution is 6.33. The van der Waals surface area contributed by atoms with Crippen molar-refractivity contribution in [3.63, 3.8) is 0 Å². The van der Waals surface area contributed by atoms with Gasteiger partial charge in [0.15, 0.2) is 0 Å². The molecular weight excluding hydrogens is 498 g/mol. The monoisotopic (exact) mass is 531 g/mol. The number of rotatable bonds is 6. The smallest absolute Gasteiger partial charge is 0.410 e. The molecule has 38 heavy (non-hydrogen) atoms. The van der Waals surface area contributed by atoms with Gasteiger partial charge < -0.3 is 19.5 Å². The van der Waals surface area contributed by atoms with Crippen molar-refractivity contribution in [3.05, 3.63) is 77.4 Å². The van der Waals surface area contributed by atoms with E-state index >= 15 is 0 Å². The topological polar surface area (TPSA) is 72.3 Å². The lowest BCUT2D eigenvalue weighted by Gasteiger charge is -2.34. The van der Waals surface area contributed by atoms with Crippen LogP contribution in [0, 0.1) is 5.92 Å². The Morgan fingerprint density at radius 1 is 1.13 bits per heavy atom. The van der Waals surface area contributed by atoms with E-state index in [4.69, 9.17) is 21.3 Å². The Morgan fingerprint density at radius 3 is 2.66 bits per heavy atom. The van der Waals surface area contributed by atoms with Gasteiger partial charge in [-0.2, -0.15) is 4.98 Å². The Balaban J connectivity index is 1.45. The number of anilines is 1. The zero-order valence-electron chi connectivity index (χ0n) is 22.2. The number of carbonyl (C=O) groups is 1. The van der Waals surface area contributed by atoms with Crippen molar-refractivity contribution in [1.29, 1.82) is 0 Å². The minimum Gasteiger partial charge on any atom is -0.444 e. The molecule has 0 bridgehead atoms. The second-order valence-electron chi connectivity index (χ2n) is 10.9. The molecule has 1 saturated heterocycles. The van der Waals surface area contributed by atoms with Crippen molar-refractivity contribution < 1.29 is 9.53 Å². The number of likely N-dealkylation sites (tertiary alicyclic amines) is 1. The highest BCUT2D eigenvalue weighted by atomic mass is 35.5. The molecule has 3 heterocycles. The molecule has 0 aliphatic carbocycles. The van der Waals surface area contributed by atoms with Crippen molar-refractivity contribution in [2.75, 3.05) is 18.4 Å². The molecule has 0 radical (unpaired) electrons. The largest absolute Gasteiger partial charge is 0.444 e. The lowest BCUT2D eigenvalue weighted by atomic mass is 9.98. The van der Waals surface area contributed by atoms with Gasteiger partial charge >= 0.3 is 6.09 Å². The molecule has 0 unspecified atom stereocenters. The van der Waals surface area contributed by atoms with Crippen LogP contribution >= 0.6 is 11.6 Å². The van der Waals surface area contributed by atoms with E-state index in [0.717, 1.165) is 40.7 Å². The average molecular weight is 532 g/mol. The number of fused-ring (bicyclic) bond motifs is 1. The zero-order valence-corrected chi connectivity index (χ0v) is 22.9. The van der Waals surface area contributed by atoms with Crippen molar-refractivity contribution in [3.8, 4) is 11.3 Å². The summed E-state index contributed by atoms with van der Waals surface area (Å²) in [6.07, 6.45) is 3.56. The van der Waals surface area contributed by atoms with Gasteiger partial charge in [0, 0.05) is 48.3 Å². The summed E-state index contributed by atoms with van der Waals surface area (Å²) < 4.78 is 7.88. The summed E-state index contributed by atoms with van der Waals surface area (Å²) in [5, 5.41) is 4.99. The number of nitrogens with zero attached hydrogens (tertiary/aromatic N) is 4. The number of hydrogen-bond acceptors (Lipinski definition) is 5. The molecular formula is C30H34ClN5O2. The number of halogens is 1. The molecule has 1 aliphatic heterocycles. The van der Waals surface area contributed by atoms with Gasteiger partial charge in [-0.3, -0.25) is 0 Å². The molecule has 0 spiro atoms. The molecule has 0 saturated carbocycles. The van der Waals surface area contributed by atoms with E-state index in [9.17, 15) is 4.79 Å². The van der Waals surface area contributed by atoms with Crippen LogP contribution in [-0.2, 0) is 17.8 Å². The number of aromatic nitrogens is 3. The quantitative estimate of drug-likeness (QED) is 0.289. The maximum absolute atomic E-state index is 12.8. The Bertz CT molecular complexity index is 1410. The van der Waals surface area contributed by atoms with Gasteiger partial charge in [-0.15, -0.1) is 0 Å². The summed E-state index contributed by atoms with van der Waals surface area (Å²) in [4.78, 5) is 24.1. The number of carbonyl (C=O) groups excluding carboxylic acids is 1. The van der Waals surface area contributed by atoms with Crippen LogP contribution in [0.2, 0.25) is 5.02 Å². The zero-order chi connectivity index (χ0) is 26.7. The van der Waals surface area contributed by atoms with E-state index < -0.39 is 5.60 Å². The van der Waals surface area contributed by atoms with Crippen LogP contribution in [0.3, 0.4) is 0 Å². The minimum atomic E-state index is -0.516. The summed E-state index contributed by atoms with van der Waals surface area (Å²) in [5.41, 5.74) is 3.44. The van der Waals surface area contributed by atoms with E-state index in [-0.39, 0.29) is 12.0 Å². The average Bonchev–Trinajstić information content (AvgIpc) is 3.25. The van der Waals surface area contributed by atoms with Crippen molar-refractivity contribution >= 4 is 34.7 Å². The molecule has 2 aromatic heterocycles. The molecule has 2 aromatic carbocycles. The first-order valence-corrected chi connectivity index (χ1v) is 13.5. The molecule has 4 aromatic rings. The lowest BCUT2D eigenvalue weighted by Crippen LogP contribution is -2.43. The van der Waals surface area contributed by atoms with Crippen LogP contribution in [0.25, 0.3) is 22.3 Å². The minimum absolute atomic E-state index is 0.249. The van der Waals surface area contributed by atoms with Crippen molar-refractivity contribution in [2.45, 2.75) is 52.3 Å². The number of amides is 1. The second-order valence-corrected chi connectivity index (χ2v) is 11.3. The summed E-state index contributed by atoms with van der Waals surface area (Å²) in [6.45, 7) is 8.40.